The molecule has 0 heterocycles. The van der Waals surface area contributed by atoms with Gasteiger partial charge in [-0.1, -0.05) is 109 Å². The summed E-state index contributed by atoms with van der Waals surface area (Å²) in [7, 11) is 2.42. The topological polar surface area (TPSA) is 26.0 Å². The van der Waals surface area contributed by atoms with Crippen molar-refractivity contribution in [3.05, 3.63) is 71.8 Å². The molecule has 1 unspecified atom stereocenters. The predicted molar refractivity (Wildman–Crippen MR) is 118 cm³/mol. The molecule has 0 amide bonds. The van der Waals surface area contributed by atoms with Crippen LogP contribution in [0.25, 0.3) is 0 Å². The molecule has 2 aromatic carbocycles. The van der Waals surface area contributed by atoms with Gasteiger partial charge >= 0.3 is 0 Å². The first-order valence-electron chi connectivity index (χ1n) is 9.29. The summed E-state index contributed by atoms with van der Waals surface area (Å²) in [6, 6.07) is 21.1. The van der Waals surface area contributed by atoms with E-state index in [9.17, 15) is 0 Å². The maximum Gasteiger partial charge on any atom is 0.0101 e. The standard InChI is InChI=1S/C15H17N.3C2H6.CH5P/c16-12-11-15(13-7-3-1-4-8-13)14-9-5-2-6-10-14;4*1-2/h1-10,15H,11-12,16H2;3*1-2H3;2H2,1H3. The van der Waals surface area contributed by atoms with Gasteiger partial charge < -0.3 is 5.73 Å². The van der Waals surface area contributed by atoms with Gasteiger partial charge in [-0.25, -0.2) is 0 Å². The van der Waals surface area contributed by atoms with Gasteiger partial charge in [0, 0.05) is 5.92 Å². The summed E-state index contributed by atoms with van der Waals surface area (Å²) >= 11 is 0. The Balaban J connectivity index is -0.000000484. The number of rotatable bonds is 4. The van der Waals surface area contributed by atoms with Crippen LogP contribution in [-0.2, 0) is 0 Å². The highest BCUT2D eigenvalue weighted by molar-refractivity contribution is 7.15. The minimum absolute atomic E-state index is 0.424. The molecule has 2 N–H and O–H groups in total. The highest BCUT2D eigenvalue weighted by Crippen LogP contribution is 2.26. The number of hydrogen-bond donors (Lipinski definition) is 1. The smallest absolute Gasteiger partial charge is 0.0101 e. The van der Waals surface area contributed by atoms with Gasteiger partial charge in [0.2, 0.25) is 0 Å². The molecule has 0 saturated heterocycles. The molecule has 0 fully saturated rings. The van der Waals surface area contributed by atoms with Crippen LogP contribution in [0, 0.1) is 0 Å². The van der Waals surface area contributed by atoms with Crippen molar-refractivity contribution in [2.45, 2.75) is 53.9 Å². The fourth-order valence-corrected chi connectivity index (χ4v) is 2.06. The minimum atomic E-state index is 0.424. The van der Waals surface area contributed by atoms with Crippen molar-refractivity contribution in [3.8, 4) is 0 Å². The zero-order valence-corrected chi connectivity index (χ0v) is 18.1. The number of hydrogen-bond acceptors (Lipinski definition) is 1. The average molecular weight is 350 g/mol. The van der Waals surface area contributed by atoms with Crippen LogP contribution in [0.1, 0.15) is 65.0 Å². The fraction of sp³-hybridized carbons (Fsp3) is 0.455. The van der Waals surface area contributed by atoms with Crippen LogP contribution in [0.15, 0.2) is 60.7 Å². The first-order chi connectivity index (χ1) is 11.9. The third kappa shape index (κ3) is 12.3. The van der Waals surface area contributed by atoms with E-state index in [-0.39, 0.29) is 0 Å². The molecule has 2 rings (SSSR count). The summed E-state index contributed by atoms with van der Waals surface area (Å²) in [6.45, 7) is 14.6. The number of benzene rings is 2. The first kappa shape index (κ1) is 27.7. The minimum Gasteiger partial charge on any atom is -0.330 e. The quantitative estimate of drug-likeness (QED) is 0.608. The molecule has 24 heavy (non-hydrogen) atoms. The van der Waals surface area contributed by atoms with Crippen LogP contribution in [0.5, 0.6) is 0 Å². The van der Waals surface area contributed by atoms with Crippen LogP contribution in [0.3, 0.4) is 0 Å². The van der Waals surface area contributed by atoms with E-state index in [1.54, 1.807) is 0 Å². The Morgan fingerprint density at radius 2 is 0.958 bits per heavy atom. The third-order valence-electron chi connectivity index (χ3n) is 2.86. The molecule has 0 spiro atoms. The second kappa shape index (κ2) is 24.1. The summed E-state index contributed by atoms with van der Waals surface area (Å²) in [4.78, 5) is 0. The zero-order chi connectivity index (χ0) is 19.2. The predicted octanol–water partition coefficient (Wildman–Crippen LogP) is 6.74. The van der Waals surface area contributed by atoms with Crippen molar-refractivity contribution in [1.82, 2.24) is 0 Å². The highest BCUT2D eigenvalue weighted by atomic mass is 31.0. The molecule has 0 aliphatic rings. The van der Waals surface area contributed by atoms with Crippen LogP contribution >= 0.6 is 9.24 Å². The van der Waals surface area contributed by atoms with E-state index < -0.39 is 0 Å². The molecule has 2 aromatic rings. The Labute approximate surface area is 154 Å². The molecule has 1 nitrogen and oxygen atoms in total. The summed E-state index contributed by atoms with van der Waals surface area (Å²) in [5, 5.41) is 0. The first-order valence-corrected chi connectivity index (χ1v) is 10.4. The van der Waals surface area contributed by atoms with Gasteiger partial charge in [0.05, 0.1) is 0 Å². The second-order valence-electron chi connectivity index (χ2n) is 3.95. The van der Waals surface area contributed by atoms with Gasteiger partial charge in [-0.05, 0) is 24.1 Å². The van der Waals surface area contributed by atoms with Crippen LogP contribution in [0.2, 0.25) is 0 Å². The van der Waals surface area contributed by atoms with Gasteiger partial charge in [-0.15, -0.1) is 9.24 Å². The van der Waals surface area contributed by atoms with Crippen molar-refractivity contribution in [2.24, 2.45) is 5.73 Å². The maximum absolute atomic E-state index is 5.70. The Morgan fingerprint density at radius 1 is 0.667 bits per heavy atom. The molecular weight excluding hydrogens is 309 g/mol. The van der Waals surface area contributed by atoms with E-state index in [2.05, 4.69) is 57.8 Å². The van der Waals surface area contributed by atoms with Gasteiger partial charge in [-0.3, -0.25) is 0 Å². The Hall–Kier alpha value is -1.17. The SMILES string of the molecule is CC.CC.CC.CP.NCCC(c1ccccc1)c1ccccc1. The maximum atomic E-state index is 5.70. The lowest BCUT2D eigenvalue weighted by molar-refractivity contribution is 0.726. The molecule has 0 bridgehead atoms. The van der Waals surface area contributed by atoms with Crippen LogP contribution < -0.4 is 5.73 Å². The summed E-state index contributed by atoms with van der Waals surface area (Å²) in [5.74, 6) is 0.424. The second-order valence-corrected chi connectivity index (χ2v) is 3.95. The van der Waals surface area contributed by atoms with Gasteiger partial charge in [0.1, 0.15) is 0 Å². The Bertz CT molecular complexity index is 375. The third-order valence-corrected chi connectivity index (χ3v) is 2.86. The molecule has 0 saturated carbocycles. The largest absolute Gasteiger partial charge is 0.330 e. The number of nitrogens with two attached hydrogens (primary N) is 1. The van der Waals surface area contributed by atoms with Crippen molar-refractivity contribution in [1.29, 1.82) is 0 Å². The fourth-order valence-electron chi connectivity index (χ4n) is 2.06. The van der Waals surface area contributed by atoms with E-state index >= 15 is 0 Å². The summed E-state index contributed by atoms with van der Waals surface area (Å²) in [5.41, 5.74) is 8.40. The Morgan fingerprint density at radius 3 is 1.21 bits per heavy atom. The Kier molecular flexibility index (Phi) is 27.8. The van der Waals surface area contributed by atoms with Crippen molar-refractivity contribution in [2.75, 3.05) is 13.2 Å². The van der Waals surface area contributed by atoms with Gasteiger partial charge in [0.25, 0.3) is 0 Å². The van der Waals surface area contributed by atoms with E-state index in [4.69, 9.17) is 5.73 Å². The molecule has 1 atom stereocenters. The summed E-state index contributed by atoms with van der Waals surface area (Å²) < 4.78 is 0. The van der Waals surface area contributed by atoms with E-state index in [1.165, 1.54) is 11.1 Å². The lowest BCUT2D eigenvalue weighted by Crippen LogP contribution is -2.08. The lowest BCUT2D eigenvalue weighted by Gasteiger charge is -2.16. The molecule has 138 valence electrons. The van der Waals surface area contributed by atoms with E-state index in [0.717, 1.165) is 6.42 Å². The van der Waals surface area contributed by atoms with Crippen molar-refractivity contribution >= 4 is 9.24 Å². The molecule has 0 aromatic heterocycles. The van der Waals surface area contributed by atoms with E-state index in [1.807, 2.05) is 60.3 Å². The molecule has 0 radical (unpaired) electrons. The monoisotopic (exact) mass is 349 g/mol. The van der Waals surface area contributed by atoms with Crippen molar-refractivity contribution < 1.29 is 0 Å². The van der Waals surface area contributed by atoms with Crippen molar-refractivity contribution in [3.63, 3.8) is 0 Å². The molecule has 0 aliphatic carbocycles. The summed E-state index contributed by atoms with van der Waals surface area (Å²) in [6.07, 6.45) is 0.994. The lowest BCUT2D eigenvalue weighted by atomic mass is 9.89. The van der Waals surface area contributed by atoms with Gasteiger partial charge in [0.15, 0.2) is 0 Å². The van der Waals surface area contributed by atoms with Gasteiger partial charge in [-0.2, -0.15) is 0 Å². The van der Waals surface area contributed by atoms with Crippen LogP contribution in [0.4, 0.5) is 0 Å². The molecular formula is C22H40NP. The highest BCUT2D eigenvalue weighted by Gasteiger charge is 2.11. The molecule has 0 aliphatic heterocycles. The van der Waals surface area contributed by atoms with Crippen LogP contribution in [-0.4, -0.2) is 13.2 Å². The normalized spacial score (nSPS) is 8.08. The van der Waals surface area contributed by atoms with E-state index in [0.29, 0.717) is 12.5 Å². The average Bonchev–Trinajstić information content (AvgIpc) is 2.73. The molecule has 2 heteroatoms. The zero-order valence-electron chi connectivity index (χ0n) is 16.9.